The van der Waals surface area contributed by atoms with Crippen LogP contribution < -0.4 is 0 Å². The van der Waals surface area contributed by atoms with Crippen LogP contribution in [0.3, 0.4) is 0 Å². The van der Waals surface area contributed by atoms with Crippen molar-refractivity contribution in [2.24, 2.45) is 0 Å². The van der Waals surface area contributed by atoms with Crippen molar-refractivity contribution in [1.29, 1.82) is 0 Å². The first-order chi connectivity index (χ1) is 6.89. The standard InChI is InChI=1S/C13H26OSi/c1-7-10-12-13(9-3,11-8-2)14-15(4,5)6/h8-9H,2-3,7,10-12H2,1,4-6H3. The fraction of sp³-hybridized carbons (Fsp3) is 0.692. The molecule has 0 saturated carbocycles. The third kappa shape index (κ3) is 5.95. The van der Waals surface area contributed by atoms with Gasteiger partial charge in [-0.25, -0.2) is 0 Å². The highest BCUT2D eigenvalue weighted by Crippen LogP contribution is 2.29. The van der Waals surface area contributed by atoms with Gasteiger partial charge in [-0.3, -0.25) is 0 Å². The average Bonchev–Trinajstić information content (AvgIpc) is 2.12. The van der Waals surface area contributed by atoms with Crippen LogP contribution in [0, 0.1) is 0 Å². The summed E-state index contributed by atoms with van der Waals surface area (Å²) in [7, 11) is -1.52. The van der Waals surface area contributed by atoms with Crippen molar-refractivity contribution in [2.75, 3.05) is 0 Å². The van der Waals surface area contributed by atoms with E-state index in [9.17, 15) is 0 Å². The zero-order valence-electron chi connectivity index (χ0n) is 10.8. The molecule has 0 aromatic heterocycles. The van der Waals surface area contributed by atoms with Gasteiger partial charge < -0.3 is 4.43 Å². The van der Waals surface area contributed by atoms with Gasteiger partial charge in [0, 0.05) is 0 Å². The maximum atomic E-state index is 6.27. The van der Waals surface area contributed by atoms with Gasteiger partial charge in [0.1, 0.15) is 0 Å². The van der Waals surface area contributed by atoms with Gasteiger partial charge in [-0.2, -0.15) is 0 Å². The van der Waals surface area contributed by atoms with Gasteiger partial charge >= 0.3 is 0 Å². The monoisotopic (exact) mass is 226 g/mol. The van der Waals surface area contributed by atoms with Crippen LogP contribution in [0.5, 0.6) is 0 Å². The molecule has 0 fully saturated rings. The van der Waals surface area contributed by atoms with E-state index in [1.165, 1.54) is 12.8 Å². The largest absolute Gasteiger partial charge is 0.408 e. The van der Waals surface area contributed by atoms with Crippen molar-refractivity contribution in [2.45, 2.75) is 57.8 Å². The smallest absolute Gasteiger partial charge is 0.184 e. The van der Waals surface area contributed by atoms with Crippen LogP contribution in [0.15, 0.2) is 25.3 Å². The second-order valence-electron chi connectivity index (χ2n) is 5.08. The Hall–Kier alpha value is -0.343. The van der Waals surface area contributed by atoms with Crippen LogP contribution in [0.1, 0.15) is 32.6 Å². The summed E-state index contributed by atoms with van der Waals surface area (Å²) in [5.41, 5.74) is -0.164. The molecule has 0 radical (unpaired) electrons. The summed E-state index contributed by atoms with van der Waals surface area (Å²) in [5, 5.41) is 0. The van der Waals surface area contributed by atoms with E-state index < -0.39 is 8.32 Å². The summed E-state index contributed by atoms with van der Waals surface area (Å²) in [4.78, 5) is 0. The van der Waals surface area contributed by atoms with Crippen molar-refractivity contribution in [3.8, 4) is 0 Å². The molecule has 0 aliphatic heterocycles. The molecule has 0 aliphatic carbocycles. The first-order valence-corrected chi connectivity index (χ1v) is 9.24. The highest BCUT2D eigenvalue weighted by Gasteiger charge is 2.31. The molecule has 0 aliphatic rings. The summed E-state index contributed by atoms with van der Waals surface area (Å²) < 4.78 is 6.27. The van der Waals surface area contributed by atoms with Crippen LogP contribution in [0.4, 0.5) is 0 Å². The lowest BCUT2D eigenvalue weighted by Crippen LogP contribution is -2.41. The van der Waals surface area contributed by atoms with E-state index in [1.807, 2.05) is 12.2 Å². The molecule has 1 unspecified atom stereocenters. The fourth-order valence-corrected chi connectivity index (χ4v) is 3.24. The second kappa shape index (κ2) is 6.29. The molecular weight excluding hydrogens is 200 g/mol. The molecule has 0 saturated heterocycles. The molecule has 0 aromatic rings. The summed E-state index contributed by atoms with van der Waals surface area (Å²) >= 11 is 0. The lowest BCUT2D eigenvalue weighted by molar-refractivity contribution is 0.102. The maximum Gasteiger partial charge on any atom is 0.184 e. The van der Waals surface area contributed by atoms with Crippen molar-refractivity contribution >= 4 is 8.32 Å². The third-order valence-corrected chi connectivity index (χ3v) is 3.34. The van der Waals surface area contributed by atoms with Gasteiger partial charge in [0.05, 0.1) is 5.60 Å². The number of rotatable bonds is 8. The third-order valence-electron chi connectivity index (χ3n) is 2.32. The molecule has 0 N–H and O–H groups in total. The van der Waals surface area contributed by atoms with Crippen molar-refractivity contribution in [3.05, 3.63) is 25.3 Å². The Morgan fingerprint density at radius 1 is 1.27 bits per heavy atom. The van der Waals surface area contributed by atoms with E-state index in [0.717, 1.165) is 12.8 Å². The highest BCUT2D eigenvalue weighted by atomic mass is 28.4. The van der Waals surface area contributed by atoms with Crippen LogP contribution in [0.25, 0.3) is 0 Å². The Morgan fingerprint density at radius 2 is 1.87 bits per heavy atom. The van der Waals surface area contributed by atoms with E-state index in [4.69, 9.17) is 4.43 Å². The van der Waals surface area contributed by atoms with E-state index in [-0.39, 0.29) is 5.60 Å². The van der Waals surface area contributed by atoms with Gasteiger partial charge in [-0.15, -0.1) is 13.2 Å². The minimum absolute atomic E-state index is 0.164. The highest BCUT2D eigenvalue weighted by molar-refractivity contribution is 6.69. The van der Waals surface area contributed by atoms with E-state index in [1.54, 1.807) is 0 Å². The SMILES string of the molecule is C=CCC(C=C)(CCCC)O[Si](C)(C)C. The summed E-state index contributed by atoms with van der Waals surface area (Å²) in [6.07, 6.45) is 8.23. The Labute approximate surface area is 96.4 Å². The molecule has 15 heavy (non-hydrogen) atoms. The first kappa shape index (κ1) is 14.7. The Kier molecular flexibility index (Phi) is 6.14. The fourth-order valence-electron chi connectivity index (χ4n) is 1.75. The topological polar surface area (TPSA) is 9.23 Å². The Balaban J connectivity index is 4.63. The molecule has 1 atom stereocenters. The van der Waals surface area contributed by atoms with Crippen LogP contribution in [-0.2, 0) is 4.43 Å². The van der Waals surface area contributed by atoms with Gasteiger partial charge in [0.2, 0.25) is 0 Å². The Bertz CT molecular complexity index is 205. The number of unbranched alkanes of at least 4 members (excludes halogenated alkanes) is 1. The van der Waals surface area contributed by atoms with Gasteiger partial charge in [0.15, 0.2) is 8.32 Å². The van der Waals surface area contributed by atoms with Gasteiger partial charge in [-0.1, -0.05) is 31.9 Å². The predicted octanol–water partition coefficient (Wildman–Crippen LogP) is 4.53. The van der Waals surface area contributed by atoms with E-state index in [0.29, 0.717) is 0 Å². The molecule has 1 nitrogen and oxygen atoms in total. The molecule has 0 spiro atoms. The molecule has 0 amide bonds. The molecule has 0 aromatic carbocycles. The summed E-state index contributed by atoms with van der Waals surface area (Å²) in [6, 6.07) is 0. The molecular formula is C13H26OSi. The van der Waals surface area contributed by atoms with Gasteiger partial charge in [-0.05, 0) is 32.5 Å². The molecule has 0 heterocycles. The summed E-state index contributed by atoms with van der Waals surface area (Å²) in [5.74, 6) is 0. The minimum Gasteiger partial charge on any atom is -0.408 e. The van der Waals surface area contributed by atoms with E-state index in [2.05, 4.69) is 39.7 Å². The van der Waals surface area contributed by atoms with Crippen LogP contribution in [0.2, 0.25) is 19.6 Å². The maximum absolute atomic E-state index is 6.27. The predicted molar refractivity (Wildman–Crippen MR) is 71.7 cm³/mol. The average molecular weight is 226 g/mol. The van der Waals surface area contributed by atoms with Crippen molar-refractivity contribution in [1.82, 2.24) is 0 Å². The van der Waals surface area contributed by atoms with Gasteiger partial charge in [0.25, 0.3) is 0 Å². The minimum atomic E-state index is -1.52. The molecule has 0 bridgehead atoms. The van der Waals surface area contributed by atoms with Crippen molar-refractivity contribution in [3.63, 3.8) is 0 Å². The molecule has 0 rings (SSSR count). The quantitative estimate of drug-likeness (QED) is 0.436. The lowest BCUT2D eigenvalue weighted by Gasteiger charge is -2.36. The first-order valence-electron chi connectivity index (χ1n) is 5.84. The zero-order chi connectivity index (χ0) is 11.9. The number of hydrogen-bond acceptors (Lipinski definition) is 1. The van der Waals surface area contributed by atoms with Crippen molar-refractivity contribution < 1.29 is 4.43 Å². The second-order valence-corrected chi connectivity index (χ2v) is 9.51. The Morgan fingerprint density at radius 3 is 2.20 bits per heavy atom. The lowest BCUT2D eigenvalue weighted by atomic mass is 9.93. The zero-order valence-corrected chi connectivity index (χ0v) is 11.8. The van der Waals surface area contributed by atoms with E-state index >= 15 is 0 Å². The van der Waals surface area contributed by atoms with Crippen LogP contribution >= 0.6 is 0 Å². The molecule has 2 heteroatoms. The number of hydrogen-bond donors (Lipinski definition) is 0. The molecule has 88 valence electrons. The normalized spacial score (nSPS) is 15.7. The van der Waals surface area contributed by atoms with Crippen LogP contribution in [-0.4, -0.2) is 13.9 Å². The summed E-state index contributed by atoms with van der Waals surface area (Å²) in [6.45, 7) is 16.6.